The molecule has 2 aromatic rings. The van der Waals surface area contributed by atoms with Crippen molar-refractivity contribution in [2.75, 3.05) is 10.6 Å². The van der Waals surface area contributed by atoms with Crippen molar-refractivity contribution in [1.82, 2.24) is 0 Å². The lowest BCUT2D eigenvalue weighted by atomic mass is 9.81. The standard InChI is InChI=1S/C21H16Cl4N2O2/c22-12-3-5-16(14(24)8-12)26-20(28)18-10-1-2-11(7-10)19(18)21(29)27-17-6-4-13(23)9-15(17)25/h1-6,8-11,18-19H,7H2,(H,26,28)(H,27,29)/t10-,11-,18-,19+/m0/s1. The van der Waals surface area contributed by atoms with Gasteiger partial charge in [0.1, 0.15) is 0 Å². The zero-order valence-electron chi connectivity index (χ0n) is 15.0. The molecule has 0 heterocycles. The molecule has 8 heteroatoms. The van der Waals surface area contributed by atoms with Crippen LogP contribution in [0.15, 0.2) is 48.6 Å². The third-order valence-electron chi connectivity index (χ3n) is 5.44. The summed E-state index contributed by atoms with van der Waals surface area (Å²) < 4.78 is 0. The molecule has 2 aliphatic rings. The highest BCUT2D eigenvalue weighted by Crippen LogP contribution is 2.49. The number of benzene rings is 2. The number of rotatable bonds is 4. The highest BCUT2D eigenvalue weighted by molar-refractivity contribution is 6.37. The maximum atomic E-state index is 13.1. The molecule has 2 aromatic carbocycles. The molecular formula is C21H16Cl4N2O2. The van der Waals surface area contributed by atoms with Crippen LogP contribution in [0, 0.1) is 23.7 Å². The van der Waals surface area contributed by atoms with E-state index < -0.39 is 11.8 Å². The zero-order valence-corrected chi connectivity index (χ0v) is 18.0. The Labute approximate surface area is 188 Å². The van der Waals surface area contributed by atoms with Crippen molar-refractivity contribution in [3.05, 3.63) is 68.6 Å². The average molecular weight is 470 g/mol. The Bertz CT molecular complexity index is 944. The van der Waals surface area contributed by atoms with Gasteiger partial charge in [0.25, 0.3) is 0 Å². The number of hydrogen-bond acceptors (Lipinski definition) is 2. The fraction of sp³-hybridized carbons (Fsp3) is 0.238. The molecule has 0 aliphatic heterocycles. The zero-order chi connectivity index (χ0) is 20.7. The highest BCUT2D eigenvalue weighted by atomic mass is 35.5. The lowest BCUT2D eigenvalue weighted by Crippen LogP contribution is -2.39. The van der Waals surface area contributed by atoms with Crippen LogP contribution >= 0.6 is 46.4 Å². The van der Waals surface area contributed by atoms with Gasteiger partial charge in [-0.15, -0.1) is 0 Å². The van der Waals surface area contributed by atoms with E-state index in [4.69, 9.17) is 46.4 Å². The number of anilines is 2. The van der Waals surface area contributed by atoms with Crippen LogP contribution < -0.4 is 10.6 Å². The Hall–Kier alpha value is -1.72. The van der Waals surface area contributed by atoms with Crippen LogP contribution in [0.2, 0.25) is 20.1 Å². The van der Waals surface area contributed by atoms with Crippen LogP contribution in [0.1, 0.15) is 6.42 Å². The average Bonchev–Trinajstić information content (AvgIpc) is 3.27. The molecule has 29 heavy (non-hydrogen) atoms. The Morgan fingerprint density at radius 3 is 1.52 bits per heavy atom. The molecule has 2 aliphatic carbocycles. The molecule has 0 radical (unpaired) electrons. The minimum absolute atomic E-state index is 0.00233. The summed E-state index contributed by atoms with van der Waals surface area (Å²) in [4.78, 5) is 26.1. The summed E-state index contributed by atoms with van der Waals surface area (Å²) in [5.74, 6) is -1.47. The van der Waals surface area contributed by atoms with Crippen LogP contribution in [0.3, 0.4) is 0 Å². The predicted octanol–water partition coefficient (Wildman–Crippen LogP) is 6.32. The molecule has 0 unspecified atom stereocenters. The van der Waals surface area contributed by atoms with Crippen LogP contribution in [0.25, 0.3) is 0 Å². The maximum absolute atomic E-state index is 13.1. The van der Waals surface area contributed by atoms with Crippen LogP contribution in [-0.2, 0) is 9.59 Å². The second kappa shape index (κ2) is 8.19. The minimum atomic E-state index is -0.497. The van der Waals surface area contributed by atoms with Gasteiger partial charge in [-0.2, -0.15) is 0 Å². The highest BCUT2D eigenvalue weighted by Gasteiger charge is 2.51. The quantitative estimate of drug-likeness (QED) is 0.515. The minimum Gasteiger partial charge on any atom is -0.324 e. The Morgan fingerprint density at radius 1 is 0.724 bits per heavy atom. The molecule has 4 atom stereocenters. The molecule has 4 nitrogen and oxygen atoms in total. The van der Waals surface area contributed by atoms with E-state index in [1.165, 1.54) is 0 Å². The monoisotopic (exact) mass is 468 g/mol. The Kier molecular flexibility index (Phi) is 5.80. The fourth-order valence-electron chi connectivity index (χ4n) is 4.15. The number of carbonyl (C=O) groups is 2. The first kappa shape index (κ1) is 20.5. The number of nitrogens with one attached hydrogen (secondary N) is 2. The first-order valence-electron chi connectivity index (χ1n) is 9.03. The molecule has 1 fully saturated rings. The molecule has 0 aromatic heterocycles. The molecule has 2 bridgehead atoms. The van der Waals surface area contributed by atoms with Gasteiger partial charge in [0.15, 0.2) is 0 Å². The number of hydrogen-bond donors (Lipinski definition) is 2. The van der Waals surface area contributed by atoms with E-state index >= 15 is 0 Å². The summed E-state index contributed by atoms with van der Waals surface area (Å²) in [5.41, 5.74) is 0.931. The number of allylic oxidation sites excluding steroid dienone is 2. The lowest BCUT2D eigenvalue weighted by Gasteiger charge is -2.26. The molecule has 2 N–H and O–H groups in total. The normalized spacial score (nSPS) is 24.6. The maximum Gasteiger partial charge on any atom is 0.228 e. The van der Waals surface area contributed by atoms with E-state index in [-0.39, 0.29) is 23.7 Å². The number of fused-ring (bicyclic) bond motifs is 2. The molecular weight excluding hydrogens is 454 g/mol. The van der Waals surface area contributed by atoms with Gasteiger partial charge in [-0.3, -0.25) is 9.59 Å². The first-order valence-corrected chi connectivity index (χ1v) is 10.5. The molecule has 150 valence electrons. The molecule has 0 spiro atoms. The van der Waals surface area contributed by atoms with E-state index in [9.17, 15) is 9.59 Å². The Morgan fingerprint density at radius 2 is 1.14 bits per heavy atom. The lowest BCUT2D eigenvalue weighted by molar-refractivity contribution is -0.129. The Balaban J connectivity index is 1.55. The van der Waals surface area contributed by atoms with Crippen molar-refractivity contribution < 1.29 is 9.59 Å². The fourth-order valence-corrected chi connectivity index (χ4v) is 5.06. The summed E-state index contributed by atoms with van der Waals surface area (Å²) in [6.45, 7) is 0. The van der Waals surface area contributed by atoms with Crippen molar-refractivity contribution >= 4 is 69.6 Å². The predicted molar refractivity (Wildman–Crippen MR) is 118 cm³/mol. The SMILES string of the molecule is O=C(Nc1ccc(Cl)cc1Cl)[C@@H]1[C@H](C(=O)Nc2ccc(Cl)cc2Cl)[C@H]2C=C[C@H]1C2. The van der Waals surface area contributed by atoms with Gasteiger partial charge in [0.2, 0.25) is 11.8 Å². The van der Waals surface area contributed by atoms with E-state index in [0.29, 0.717) is 31.5 Å². The summed E-state index contributed by atoms with van der Waals surface area (Å²) >= 11 is 24.2. The molecule has 4 rings (SSSR count). The second-order valence-corrected chi connectivity index (χ2v) is 8.91. The summed E-state index contributed by atoms with van der Waals surface area (Å²) in [5, 5.41) is 7.34. The summed E-state index contributed by atoms with van der Waals surface area (Å²) in [7, 11) is 0. The summed E-state index contributed by atoms with van der Waals surface area (Å²) in [6, 6.07) is 9.72. The van der Waals surface area contributed by atoms with Crippen molar-refractivity contribution in [2.24, 2.45) is 23.7 Å². The van der Waals surface area contributed by atoms with Crippen molar-refractivity contribution in [2.45, 2.75) is 6.42 Å². The van der Waals surface area contributed by atoms with Gasteiger partial charge in [-0.1, -0.05) is 58.6 Å². The van der Waals surface area contributed by atoms with Crippen molar-refractivity contribution in [3.8, 4) is 0 Å². The van der Waals surface area contributed by atoms with E-state index in [2.05, 4.69) is 10.6 Å². The molecule has 0 saturated heterocycles. The molecule has 1 saturated carbocycles. The van der Waals surface area contributed by atoms with Crippen molar-refractivity contribution in [1.29, 1.82) is 0 Å². The van der Waals surface area contributed by atoms with Gasteiger partial charge < -0.3 is 10.6 Å². The van der Waals surface area contributed by atoms with E-state index in [1.807, 2.05) is 12.2 Å². The first-order chi connectivity index (χ1) is 13.8. The third-order valence-corrected chi connectivity index (χ3v) is 6.54. The van der Waals surface area contributed by atoms with Crippen LogP contribution in [0.4, 0.5) is 11.4 Å². The van der Waals surface area contributed by atoms with Gasteiger partial charge in [0.05, 0.1) is 33.3 Å². The topological polar surface area (TPSA) is 58.2 Å². The largest absolute Gasteiger partial charge is 0.324 e. The van der Waals surface area contributed by atoms with E-state index in [0.717, 1.165) is 6.42 Å². The van der Waals surface area contributed by atoms with Crippen LogP contribution in [0.5, 0.6) is 0 Å². The number of halogens is 4. The van der Waals surface area contributed by atoms with Crippen molar-refractivity contribution in [3.63, 3.8) is 0 Å². The van der Waals surface area contributed by atoms with Gasteiger partial charge >= 0.3 is 0 Å². The summed E-state index contributed by atoms with van der Waals surface area (Å²) in [6.07, 6.45) is 4.79. The van der Waals surface area contributed by atoms with E-state index in [1.54, 1.807) is 36.4 Å². The number of carbonyl (C=O) groups excluding carboxylic acids is 2. The van der Waals surface area contributed by atoms with Gasteiger partial charge in [-0.05, 0) is 54.7 Å². The second-order valence-electron chi connectivity index (χ2n) is 7.23. The van der Waals surface area contributed by atoms with Gasteiger partial charge in [0, 0.05) is 10.0 Å². The smallest absolute Gasteiger partial charge is 0.228 e. The molecule has 2 amide bonds. The number of amides is 2. The van der Waals surface area contributed by atoms with Gasteiger partial charge in [-0.25, -0.2) is 0 Å². The van der Waals surface area contributed by atoms with Crippen LogP contribution in [-0.4, -0.2) is 11.8 Å². The third kappa shape index (κ3) is 4.13.